The fraction of sp³-hybridized carbons (Fsp3) is 0.409. The number of methoxy groups -OCH3 is 1. The highest BCUT2D eigenvalue weighted by molar-refractivity contribution is 5.79. The van der Waals surface area contributed by atoms with Gasteiger partial charge in [0.2, 0.25) is 5.91 Å². The Balaban J connectivity index is 0.00000109. The van der Waals surface area contributed by atoms with Gasteiger partial charge in [-0.1, -0.05) is 55.8 Å². The summed E-state index contributed by atoms with van der Waals surface area (Å²) in [6, 6.07) is 16.2. The molecule has 0 aromatic heterocycles. The van der Waals surface area contributed by atoms with E-state index in [0.717, 1.165) is 30.6 Å². The molecule has 136 valence electrons. The van der Waals surface area contributed by atoms with Gasteiger partial charge in [0.1, 0.15) is 5.75 Å². The number of amides is 1. The third-order valence-corrected chi connectivity index (χ3v) is 4.42. The van der Waals surface area contributed by atoms with Crippen LogP contribution >= 0.6 is 0 Å². The minimum atomic E-state index is -0.0614. The van der Waals surface area contributed by atoms with Crippen LogP contribution in [0.2, 0.25) is 0 Å². The van der Waals surface area contributed by atoms with Crippen LogP contribution in [0.5, 0.6) is 5.75 Å². The molecule has 1 fully saturated rings. The molecular weight excluding hydrogens is 310 g/mol. The molecule has 2 aromatic rings. The average molecular weight is 341 g/mol. The number of aryl methyl sites for hydroxylation is 1. The first-order valence-electron chi connectivity index (χ1n) is 9.08. The van der Waals surface area contributed by atoms with Crippen molar-refractivity contribution < 1.29 is 11.0 Å². The molecule has 3 heteroatoms. The second-order valence-corrected chi connectivity index (χ2v) is 6.52. The molecule has 0 saturated heterocycles. The summed E-state index contributed by atoms with van der Waals surface area (Å²) in [6.45, 7) is 6.05. The van der Waals surface area contributed by atoms with Gasteiger partial charge in [0, 0.05) is 6.97 Å². The Morgan fingerprint density at radius 1 is 1.12 bits per heavy atom. The molecule has 2 aromatic carbocycles. The van der Waals surface area contributed by atoms with E-state index >= 15 is 0 Å². The molecule has 0 aliphatic heterocycles. The Morgan fingerprint density at radius 3 is 2.40 bits per heavy atom. The minimum Gasteiger partial charge on any atom is -0.497 e. The first kappa shape index (κ1) is 19.0. The molecule has 3 rings (SSSR count). The number of hydrogen-bond acceptors (Lipinski definition) is 2. The predicted molar refractivity (Wildman–Crippen MR) is 105 cm³/mol. The molecule has 1 saturated carbocycles. The molecule has 0 atom stereocenters. The van der Waals surface area contributed by atoms with Crippen LogP contribution in [0.4, 0.5) is 0 Å². The van der Waals surface area contributed by atoms with Crippen molar-refractivity contribution in [3.63, 3.8) is 0 Å². The van der Waals surface area contributed by atoms with Crippen LogP contribution in [-0.4, -0.2) is 18.6 Å². The molecule has 1 amide bonds. The largest absolute Gasteiger partial charge is 0.497 e. The molecule has 0 spiro atoms. The highest BCUT2D eigenvalue weighted by atomic mass is 16.5. The molecule has 1 N–H and O–H groups in total. The van der Waals surface area contributed by atoms with E-state index in [1.807, 2.05) is 56.3 Å². The molecule has 0 radical (unpaired) electrons. The summed E-state index contributed by atoms with van der Waals surface area (Å²) in [7, 11) is 1.68. The summed E-state index contributed by atoms with van der Waals surface area (Å²) in [5.41, 5.74) is 3.42. The predicted octanol–water partition coefficient (Wildman–Crippen LogP) is 4.71. The van der Waals surface area contributed by atoms with Crippen molar-refractivity contribution in [1.82, 2.24) is 5.32 Å². The topological polar surface area (TPSA) is 38.3 Å². The van der Waals surface area contributed by atoms with E-state index in [9.17, 15) is 4.79 Å². The number of hydrogen-bond donors (Lipinski definition) is 1. The third kappa shape index (κ3) is 5.63. The van der Waals surface area contributed by atoms with Crippen molar-refractivity contribution in [2.24, 2.45) is 0 Å². The number of carbonyl (C=O) groups is 1. The number of nitrogens with one attached hydrogen (secondary N) is 1. The van der Waals surface area contributed by atoms with Gasteiger partial charge >= 0.3 is 0 Å². The number of benzene rings is 2. The van der Waals surface area contributed by atoms with Crippen LogP contribution < -0.4 is 10.1 Å². The summed E-state index contributed by atoms with van der Waals surface area (Å²) < 4.78 is 5.27. The van der Waals surface area contributed by atoms with Crippen LogP contribution in [-0.2, 0) is 17.6 Å². The zero-order valence-corrected chi connectivity index (χ0v) is 15.8. The monoisotopic (exact) mass is 341 g/mol. The summed E-state index contributed by atoms with van der Waals surface area (Å²) >= 11 is 0. The second kappa shape index (κ2) is 8.70. The molecule has 0 unspecified atom stereocenters. The number of carbonyl (C=O) groups excluding carboxylic acids is 1. The van der Waals surface area contributed by atoms with Crippen molar-refractivity contribution in [2.45, 2.75) is 52.0 Å². The lowest BCUT2D eigenvalue weighted by Gasteiger charge is -2.18. The van der Waals surface area contributed by atoms with Gasteiger partial charge in [0.05, 0.1) is 13.5 Å². The lowest BCUT2D eigenvalue weighted by atomic mass is 10.0. The average Bonchev–Trinajstić information content (AvgIpc) is 3.37. The number of ether oxygens (including phenoxy) is 1. The zero-order valence-electron chi connectivity index (χ0n) is 15.8. The SMILES string of the molecule is CC.COc1cccc(CC2(NC(=O)Cc3ccc(C)cc3)CC2)c1.[HH]. The molecule has 0 bridgehead atoms. The fourth-order valence-electron chi connectivity index (χ4n) is 2.90. The van der Waals surface area contributed by atoms with Crippen LogP contribution in [0.3, 0.4) is 0 Å². The van der Waals surface area contributed by atoms with E-state index < -0.39 is 0 Å². The first-order valence-corrected chi connectivity index (χ1v) is 9.08. The molecule has 1 aliphatic carbocycles. The highest BCUT2D eigenvalue weighted by Crippen LogP contribution is 2.39. The van der Waals surface area contributed by atoms with Gasteiger partial charge in [-0.25, -0.2) is 0 Å². The van der Waals surface area contributed by atoms with Gasteiger partial charge in [-0.2, -0.15) is 0 Å². The van der Waals surface area contributed by atoms with E-state index in [1.165, 1.54) is 11.1 Å². The quantitative estimate of drug-likeness (QED) is 0.826. The maximum absolute atomic E-state index is 12.3. The minimum absolute atomic E-state index is 0. The van der Waals surface area contributed by atoms with E-state index in [0.29, 0.717) is 6.42 Å². The molecule has 3 nitrogen and oxygen atoms in total. The van der Waals surface area contributed by atoms with E-state index in [2.05, 4.69) is 18.3 Å². The third-order valence-electron chi connectivity index (χ3n) is 4.42. The second-order valence-electron chi connectivity index (χ2n) is 6.52. The lowest BCUT2D eigenvalue weighted by molar-refractivity contribution is -0.121. The summed E-state index contributed by atoms with van der Waals surface area (Å²) in [6.07, 6.45) is 3.40. The van der Waals surface area contributed by atoms with Crippen molar-refractivity contribution >= 4 is 5.91 Å². The summed E-state index contributed by atoms with van der Waals surface area (Å²) in [5.74, 6) is 0.971. The Hall–Kier alpha value is -2.29. The van der Waals surface area contributed by atoms with Crippen LogP contribution in [0.25, 0.3) is 0 Å². The van der Waals surface area contributed by atoms with Gasteiger partial charge < -0.3 is 10.1 Å². The summed E-state index contributed by atoms with van der Waals surface area (Å²) in [4.78, 5) is 12.3. The van der Waals surface area contributed by atoms with Crippen molar-refractivity contribution in [3.8, 4) is 5.75 Å². The van der Waals surface area contributed by atoms with Gasteiger partial charge in [-0.05, 0) is 49.4 Å². The smallest absolute Gasteiger partial charge is 0.224 e. The molecule has 0 heterocycles. The maximum Gasteiger partial charge on any atom is 0.224 e. The summed E-state index contributed by atoms with van der Waals surface area (Å²) in [5, 5.41) is 3.24. The molecule has 1 aliphatic rings. The van der Waals surface area contributed by atoms with Crippen LogP contribution in [0.15, 0.2) is 48.5 Å². The van der Waals surface area contributed by atoms with Crippen molar-refractivity contribution in [1.29, 1.82) is 0 Å². The van der Waals surface area contributed by atoms with E-state index in [1.54, 1.807) is 7.11 Å². The van der Waals surface area contributed by atoms with E-state index in [4.69, 9.17) is 4.74 Å². The Morgan fingerprint density at radius 2 is 1.80 bits per heavy atom. The van der Waals surface area contributed by atoms with Gasteiger partial charge in [0.25, 0.3) is 0 Å². The Bertz CT molecular complexity index is 694. The van der Waals surface area contributed by atoms with Gasteiger partial charge in [-0.15, -0.1) is 0 Å². The van der Waals surface area contributed by atoms with Crippen LogP contribution in [0.1, 0.15) is 44.8 Å². The standard InChI is InChI=1S/C20H23NO2.C2H6.H2/c1-15-6-8-16(9-7-15)13-19(22)21-20(10-11-20)14-17-4-3-5-18(12-17)23-2;1-2;/h3-9,12H,10-11,13-14H2,1-2H3,(H,21,22);1-2H3;1H. The van der Waals surface area contributed by atoms with Gasteiger partial charge in [0.15, 0.2) is 0 Å². The lowest BCUT2D eigenvalue weighted by Crippen LogP contribution is -2.39. The molecular formula is C22H31NO2. The first-order chi connectivity index (χ1) is 12.1. The number of rotatable bonds is 6. The Kier molecular flexibility index (Phi) is 6.63. The Labute approximate surface area is 152 Å². The normalized spacial score (nSPS) is 14.1. The maximum atomic E-state index is 12.3. The van der Waals surface area contributed by atoms with Crippen LogP contribution in [0, 0.1) is 6.92 Å². The highest BCUT2D eigenvalue weighted by Gasteiger charge is 2.43. The molecule has 25 heavy (non-hydrogen) atoms. The van der Waals surface area contributed by atoms with E-state index in [-0.39, 0.29) is 12.9 Å². The van der Waals surface area contributed by atoms with Crippen molar-refractivity contribution in [2.75, 3.05) is 7.11 Å². The van der Waals surface area contributed by atoms with Gasteiger partial charge in [-0.3, -0.25) is 4.79 Å². The van der Waals surface area contributed by atoms with Crippen molar-refractivity contribution in [3.05, 3.63) is 65.2 Å². The fourth-order valence-corrected chi connectivity index (χ4v) is 2.90. The zero-order chi connectivity index (χ0) is 18.3.